The zero-order valence-corrected chi connectivity index (χ0v) is 10.5. The fraction of sp³-hybridized carbons (Fsp3) is 0.923. The molecule has 2 aliphatic rings. The molecule has 2 fully saturated rings. The maximum absolute atomic E-state index is 12.5. The van der Waals surface area contributed by atoms with Gasteiger partial charge in [-0.3, -0.25) is 4.79 Å². The number of carbonyl (C=O) groups is 1. The first kappa shape index (κ1) is 11.9. The molecule has 16 heavy (non-hydrogen) atoms. The predicted octanol–water partition coefficient (Wildman–Crippen LogP) is 1.62. The molecule has 1 aliphatic carbocycles. The van der Waals surface area contributed by atoms with Gasteiger partial charge in [0.25, 0.3) is 0 Å². The predicted molar refractivity (Wildman–Crippen MR) is 64.9 cm³/mol. The van der Waals surface area contributed by atoms with Crippen molar-refractivity contribution in [1.82, 2.24) is 4.90 Å². The van der Waals surface area contributed by atoms with Crippen LogP contribution < -0.4 is 5.73 Å². The molecule has 92 valence electrons. The summed E-state index contributed by atoms with van der Waals surface area (Å²) >= 11 is 0. The van der Waals surface area contributed by atoms with Gasteiger partial charge in [-0.15, -0.1) is 0 Å². The van der Waals surface area contributed by atoms with E-state index in [4.69, 9.17) is 5.73 Å². The second-order valence-corrected chi connectivity index (χ2v) is 5.86. The van der Waals surface area contributed by atoms with Crippen molar-refractivity contribution < 1.29 is 4.79 Å². The van der Waals surface area contributed by atoms with Crippen LogP contribution >= 0.6 is 0 Å². The molecule has 0 aromatic carbocycles. The van der Waals surface area contributed by atoms with Crippen molar-refractivity contribution >= 4 is 5.91 Å². The molecular weight excluding hydrogens is 200 g/mol. The summed E-state index contributed by atoms with van der Waals surface area (Å²) in [5, 5.41) is 0. The van der Waals surface area contributed by atoms with Gasteiger partial charge in [0.05, 0.1) is 5.41 Å². The summed E-state index contributed by atoms with van der Waals surface area (Å²) in [5.74, 6) is 1.61. The number of amides is 1. The third-order valence-electron chi connectivity index (χ3n) is 4.68. The van der Waals surface area contributed by atoms with E-state index in [0.29, 0.717) is 24.3 Å². The summed E-state index contributed by atoms with van der Waals surface area (Å²) in [7, 11) is 0. The minimum Gasteiger partial charge on any atom is -0.342 e. The van der Waals surface area contributed by atoms with Crippen LogP contribution in [0.15, 0.2) is 0 Å². The molecule has 1 saturated heterocycles. The Balaban J connectivity index is 2.07. The molecule has 2 N–H and O–H groups in total. The van der Waals surface area contributed by atoms with E-state index in [-0.39, 0.29) is 5.41 Å². The lowest BCUT2D eigenvalue weighted by Gasteiger charge is -2.31. The highest BCUT2D eigenvalue weighted by Crippen LogP contribution is 2.40. The zero-order chi connectivity index (χ0) is 11.8. The Labute approximate surface area is 98.4 Å². The molecule has 0 bridgehead atoms. The van der Waals surface area contributed by atoms with Gasteiger partial charge < -0.3 is 10.6 Å². The lowest BCUT2D eigenvalue weighted by Crippen LogP contribution is -2.45. The molecule has 1 heterocycles. The number of nitrogens with two attached hydrogens (primary N) is 1. The van der Waals surface area contributed by atoms with E-state index in [9.17, 15) is 4.79 Å². The third kappa shape index (κ3) is 1.86. The number of likely N-dealkylation sites (tertiary alicyclic amines) is 1. The van der Waals surface area contributed by atoms with Crippen LogP contribution in [0.4, 0.5) is 0 Å². The van der Waals surface area contributed by atoms with Crippen LogP contribution in [0.25, 0.3) is 0 Å². The first-order chi connectivity index (χ1) is 7.59. The average Bonchev–Trinajstić information content (AvgIpc) is 2.87. The van der Waals surface area contributed by atoms with Gasteiger partial charge in [-0.25, -0.2) is 0 Å². The Bertz CT molecular complexity index is 261. The average molecular weight is 224 g/mol. The number of hydrogen-bond donors (Lipinski definition) is 1. The van der Waals surface area contributed by atoms with Crippen LogP contribution in [0, 0.1) is 17.3 Å². The van der Waals surface area contributed by atoms with Crippen molar-refractivity contribution in [2.75, 3.05) is 19.6 Å². The maximum Gasteiger partial charge on any atom is 0.230 e. The SMILES string of the molecule is CC1CN(C(=O)C2(CN)CCCC2)CC1C. The minimum atomic E-state index is -0.205. The van der Waals surface area contributed by atoms with E-state index < -0.39 is 0 Å². The molecule has 2 rings (SSSR count). The van der Waals surface area contributed by atoms with Crippen LogP contribution in [0.5, 0.6) is 0 Å². The van der Waals surface area contributed by atoms with Crippen molar-refractivity contribution in [2.45, 2.75) is 39.5 Å². The first-order valence-electron chi connectivity index (χ1n) is 6.58. The van der Waals surface area contributed by atoms with E-state index in [0.717, 1.165) is 25.9 Å². The van der Waals surface area contributed by atoms with Gasteiger partial charge in [0, 0.05) is 19.6 Å². The Hall–Kier alpha value is -0.570. The normalized spacial score (nSPS) is 33.3. The topological polar surface area (TPSA) is 46.3 Å². The Morgan fingerprint density at radius 1 is 1.25 bits per heavy atom. The molecule has 1 amide bonds. The number of nitrogens with zero attached hydrogens (tertiary/aromatic N) is 1. The van der Waals surface area contributed by atoms with Crippen LogP contribution in [0.1, 0.15) is 39.5 Å². The highest BCUT2D eigenvalue weighted by Gasteiger charge is 2.44. The lowest BCUT2D eigenvalue weighted by molar-refractivity contribution is -0.140. The number of hydrogen-bond acceptors (Lipinski definition) is 2. The van der Waals surface area contributed by atoms with E-state index in [1.54, 1.807) is 0 Å². The number of carbonyl (C=O) groups excluding carboxylic acids is 1. The summed E-state index contributed by atoms with van der Waals surface area (Å²) in [4.78, 5) is 14.6. The second kappa shape index (κ2) is 4.36. The molecule has 1 aliphatic heterocycles. The van der Waals surface area contributed by atoms with E-state index in [1.165, 1.54) is 12.8 Å². The van der Waals surface area contributed by atoms with Crippen molar-refractivity contribution in [3.05, 3.63) is 0 Å². The Kier molecular flexibility index (Phi) is 3.24. The molecule has 0 spiro atoms. The van der Waals surface area contributed by atoms with Crippen LogP contribution in [-0.4, -0.2) is 30.4 Å². The van der Waals surface area contributed by atoms with E-state index in [1.807, 2.05) is 0 Å². The van der Waals surface area contributed by atoms with Crippen LogP contribution in [-0.2, 0) is 4.79 Å². The van der Waals surface area contributed by atoms with Gasteiger partial charge in [-0.05, 0) is 24.7 Å². The molecular formula is C13H24N2O. The standard InChI is InChI=1S/C13H24N2O/c1-10-7-15(8-11(10)2)12(16)13(9-14)5-3-4-6-13/h10-11H,3-9,14H2,1-2H3. The Morgan fingerprint density at radius 3 is 2.19 bits per heavy atom. The highest BCUT2D eigenvalue weighted by atomic mass is 16.2. The molecule has 3 nitrogen and oxygen atoms in total. The highest BCUT2D eigenvalue weighted by molar-refractivity contribution is 5.83. The molecule has 3 heteroatoms. The second-order valence-electron chi connectivity index (χ2n) is 5.86. The summed E-state index contributed by atoms with van der Waals surface area (Å²) in [6.45, 7) is 6.87. The summed E-state index contributed by atoms with van der Waals surface area (Å²) in [5.41, 5.74) is 5.65. The molecule has 0 aromatic rings. The van der Waals surface area contributed by atoms with Crippen molar-refractivity contribution in [2.24, 2.45) is 23.0 Å². The molecule has 0 aromatic heterocycles. The first-order valence-corrected chi connectivity index (χ1v) is 6.58. The van der Waals surface area contributed by atoms with Gasteiger partial charge in [0.15, 0.2) is 0 Å². The van der Waals surface area contributed by atoms with Gasteiger partial charge in [0.2, 0.25) is 5.91 Å². The minimum absolute atomic E-state index is 0.205. The fourth-order valence-corrected chi connectivity index (χ4v) is 3.19. The van der Waals surface area contributed by atoms with Crippen molar-refractivity contribution in [1.29, 1.82) is 0 Å². The summed E-state index contributed by atoms with van der Waals surface area (Å²) in [6.07, 6.45) is 4.34. The van der Waals surface area contributed by atoms with Crippen LogP contribution in [0.3, 0.4) is 0 Å². The van der Waals surface area contributed by atoms with Gasteiger partial charge >= 0.3 is 0 Å². The van der Waals surface area contributed by atoms with Crippen LogP contribution in [0.2, 0.25) is 0 Å². The Morgan fingerprint density at radius 2 is 1.75 bits per heavy atom. The largest absolute Gasteiger partial charge is 0.342 e. The van der Waals surface area contributed by atoms with Gasteiger partial charge in [0.1, 0.15) is 0 Å². The molecule has 0 radical (unpaired) electrons. The van der Waals surface area contributed by atoms with Crippen molar-refractivity contribution in [3.63, 3.8) is 0 Å². The van der Waals surface area contributed by atoms with E-state index in [2.05, 4.69) is 18.7 Å². The molecule has 1 saturated carbocycles. The van der Waals surface area contributed by atoms with Gasteiger partial charge in [-0.1, -0.05) is 26.7 Å². The zero-order valence-electron chi connectivity index (χ0n) is 10.5. The monoisotopic (exact) mass is 224 g/mol. The fourth-order valence-electron chi connectivity index (χ4n) is 3.19. The summed E-state index contributed by atoms with van der Waals surface area (Å²) in [6, 6.07) is 0. The molecule has 2 unspecified atom stereocenters. The number of rotatable bonds is 2. The summed E-state index contributed by atoms with van der Waals surface area (Å²) < 4.78 is 0. The smallest absolute Gasteiger partial charge is 0.230 e. The van der Waals surface area contributed by atoms with Gasteiger partial charge in [-0.2, -0.15) is 0 Å². The maximum atomic E-state index is 12.5. The van der Waals surface area contributed by atoms with Crippen molar-refractivity contribution in [3.8, 4) is 0 Å². The van der Waals surface area contributed by atoms with E-state index >= 15 is 0 Å². The molecule has 2 atom stereocenters. The quantitative estimate of drug-likeness (QED) is 0.774. The lowest BCUT2D eigenvalue weighted by atomic mass is 9.84. The third-order valence-corrected chi connectivity index (χ3v) is 4.68.